The molecule has 2 heterocycles. The SMILES string of the molecule is c1ccc(-c2ccc(-n3c4ccccc4c4ccc(-n5c6ccccc6c6cc([Si](c7ccccc7)(c7ccccc7)c7ccccc7)ccc65)cc43)cc2-c2ccccc2)cc1. The average molecular weight is 819 g/mol. The van der Waals surface area contributed by atoms with E-state index in [1.165, 1.54) is 86.6 Å². The van der Waals surface area contributed by atoms with Crippen LogP contribution >= 0.6 is 0 Å². The smallest absolute Gasteiger partial charge is 0.179 e. The Balaban J connectivity index is 1.10. The first kappa shape index (κ1) is 36.8. The first-order chi connectivity index (χ1) is 31.3. The van der Waals surface area contributed by atoms with E-state index in [1.54, 1.807) is 0 Å². The van der Waals surface area contributed by atoms with Crippen molar-refractivity contribution in [2.75, 3.05) is 0 Å². The molecule has 0 unspecified atom stereocenters. The molecule has 63 heavy (non-hydrogen) atoms. The van der Waals surface area contributed by atoms with E-state index in [2.05, 4.69) is 264 Å². The van der Waals surface area contributed by atoms with Gasteiger partial charge in [0.25, 0.3) is 0 Å². The summed E-state index contributed by atoms with van der Waals surface area (Å²) in [5.41, 5.74) is 11.8. The van der Waals surface area contributed by atoms with Gasteiger partial charge in [-0.3, -0.25) is 0 Å². The van der Waals surface area contributed by atoms with Crippen molar-refractivity contribution >= 4 is 72.4 Å². The number of rotatable bonds is 8. The number of fused-ring (bicyclic) bond motifs is 6. The maximum atomic E-state index is 2.52. The summed E-state index contributed by atoms with van der Waals surface area (Å²) in [6, 6.07) is 94.2. The van der Waals surface area contributed by atoms with Crippen LogP contribution in [0.3, 0.4) is 0 Å². The Labute approximate surface area is 368 Å². The van der Waals surface area contributed by atoms with Gasteiger partial charge in [0.1, 0.15) is 0 Å². The van der Waals surface area contributed by atoms with Gasteiger partial charge in [0.15, 0.2) is 8.07 Å². The fourth-order valence-corrected chi connectivity index (χ4v) is 15.1. The summed E-state index contributed by atoms with van der Waals surface area (Å²) in [4.78, 5) is 0. The lowest BCUT2D eigenvalue weighted by atomic mass is 9.94. The van der Waals surface area contributed by atoms with Gasteiger partial charge in [0.05, 0.1) is 22.1 Å². The molecule has 0 bridgehead atoms. The van der Waals surface area contributed by atoms with Crippen molar-refractivity contribution in [1.82, 2.24) is 9.13 Å². The summed E-state index contributed by atoms with van der Waals surface area (Å²) in [5, 5.41) is 10.5. The fraction of sp³-hybridized carbons (Fsp3) is 0. The second kappa shape index (κ2) is 15.2. The van der Waals surface area contributed by atoms with Crippen LogP contribution in [0.5, 0.6) is 0 Å². The highest BCUT2D eigenvalue weighted by molar-refractivity contribution is 7.20. The quantitative estimate of drug-likeness (QED) is 0.107. The predicted molar refractivity (Wildman–Crippen MR) is 270 cm³/mol. The zero-order chi connectivity index (χ0) is 41.7. The molecular weight excluding hydrogens is 777 g/mol. The van der Waals surface area contributed by atoms with Crippen molar-refractivity contribution in [3.05, 3.63) is 255 Å². The number of hydrogen-bond donors (Lipinski definition) is 0. The Morgan fingerprint density at radius 2 is 0.651 bits per heavy atom. The zero-order valence-electron chi connectivity index (χ0n) is 34.6. The van der Waals surface area contributed by atoms with Crippen molar-refractivity contribution in [3.63, 3.8) is 0 Å². The van der Waals surface area contributed by atoms with E-state index >= 15 is 0 Å². The van der Waals surface area contributed by atoms with Gasteiger partial charge in [-0.1, -0.05) is 212 Å². The number of aromatic nitrogens is 2. The van der Waals surface area contributed by atoms with Gasteiger partial charge >= 0.3 is 0 Å². The Bertz CT molecular complexity index is 3500. The highest BCUT2D eigenvalue weighted by Crippen LogP contribution is 2.39. The number of hydrogen-bond acceptors (Lipinski definition) is 0. The number of para-hydroxylation sites is 2. The van der Waals surface area contributed by atoms with Gasteiger partial charge in [-0.15, -0.1) is 0 Å². The second-order valence-electron chi connectivity index (χ2n) is 16.4. The Kier molecular flexibility index (Phi) is 8.87. The molecule has 2 aromatic heterocycles. The maximum Gasteiger partial charge on any atom is 0.179 e. The lowest BCUT2D eigenvalue weighted by Crippen LogP contribution is -2.74. The van der Waals surface area contributed by atoms with Crippen LogP contribution in [0.4, 0.5) is 0 Å². The Hall–Kier alpha value is -7.98. The second-order valence-corrected chi connectivity index (χ2v) is 20.3. The number of benzene rings is 10. The summed E-state index contributed by atoms with van der Waals surface area (Å²) < 4.78 is 4.93. The minimum Gasteiger partial charge on any atom is -0.309 e. The van der Waals surface area contributed by atoms with Gasteiger partial charge in [-0.05, 0) is 85.5 Å². The van der Waals surface area contributed by atoms with Crippen LogP contribution in [0.15, 0.2) is 255 Å². The van der Waals surface area contributed by atoms with Gasteiger partial charge in [0.2, 0.25) is 0 Å². The molecule has 0 amide bonds. The van der Waals surface area contributed by atoms with Crippen molar-refractivity contribution in [2.24, 2.45) is 0 Å². The van der Waals surface area contributed by atoms with E-state index in [4.69, 9.17) is 0 Å². The molecular formula is C60H42N2Si. The third-order valence-electron chi connectivity index (χ3n) is 13.1. The monoisotopic (exact) mass is 818 g/mol. The summed E-state index contributed by atoms with van der Waals surface area (Å²) in [5.74, 6) is 0. The lowest BCUT2D eigenvalue weighted by molar-refractivity contribution is 1.15. The molecule has 3 heteroatoms. The molecule has 0 aliphatic carbocycles. The molecule has 2 nitrogen and oxygen atoms in total. The van der Waals surface area contributed by atoms with Crippen molar-refractivity contribution in [2.45, 2.75) is 0 Å². The van der Waals surface area contributed by atoms with Crippen LogP contribution in [0, 0.1) is 0 Å². The molecule has 12 rings (SSSR count). The molecule has 12 aromatic rings. The molecule has 0 aliphatic heterocycles. The fourth-order valence-electron chi connectivity index (χ4n) is 10.3. The normalized spacial score (nSPS) is 11.8. The van der Waals surface area contributed by atoms with Crippen molar-refractivity contribution in [1.29, 1.82) is 0 Å². The van der Waals surface area contributed by atoms with Gasteiger partial charge < -0.3 is 9.13 Å². The van der Waals surface area contributed by atoms with E-state index in [0.717, 1.165) is 11.4 Å². The largest absolute Gasteiger partial charge is 0.309 e. The summed E-state index contributed by atoms with van der Waals surface area (Å²) in [7, 11) is -2.74. The summed E-state index contributed by atoms with van der Waals surface area (Å²) in [6.45, 7) is 0. The van der Waals surface area contributed by atoms with E-state index < -0.39 is 8.07 Å². The molecule has 10 aromatic carbocycles. The summed E-state index contributed by atoms with van der Waals surface area (Å²) in [6.07, 6.45) is 0. The van der Waals surface area contributed by atoms with Crippen molar-refractivity contribution in [3.8, 4) is 33.6 Å². The maximum absolute atomic E-state index is 2.74. The van der Waals surface area contributed by atoms with Crippen LogP contribution in [-0.2, 0) is 0 Å². The Morgan fingerprint density at radius 3 is 1.22 bits per heavy atom. The molecule has 0 saturated heterocycles. The van der Waals surface area contributed by atoms with E-state index in [-0.39, 0.29) is 0 Å². The minimum atomic E-state index is -2.74. The molecule has 0 spiro atoms. The van der Waals surface area contributed by atoms with Gasteiger partial charge in [-0.2, -0.15) is 0 Å². The Morgan fingerprint density at radius 1 is 0.238 bits per heavy atom. The van der Waals surface area contributed by atoms with Crippen LogP contribution < -0.4 is 20.7 Å². The van der Waals surface area contributed by atoms with Crippen molar-refractivity contribution < 1.29 is 0 Å². The molecule has 0 atom stereocenters. The lowest BCUT2D eigenvalue weighted by Gasteiger charge is -2.34. The third-order valence-corrected chi connectivity index (χ3v) is 17.8. The van der Waals surface area contributed by atoms with Crippen LogP contribution in [0.1, 0.15) is 0 Å². The predicted octanol–water partition coefficient (Wildman–Crippen LogP) is 12.6. The minimum absolute atomic E-state index is 1.13. The van der Waals surface area contributed by atoms with E-state index in [0.29, 0.717) is 0 Å². The van der Waals surface area contributed by atoms with Crippen LogP contribution in [0.25, 0.3) is 77.2 Å². The molecule has 296 valence electrons. The molecule has 0 radical (unpaired) electrons. The molecule has 0 saturated carbocycles. The topological polar surface area (TPSA) is 9.86 Å². The zero-order valence-corrected chi connectivity index (χ0v) is 35.6. The number of nitrogens with zero attached hydrogens (tertiary/aromatic N) is 2. The average Bonchev–Trinajstić information content (AvgIpc) is 3.88. The van der Waals surface area contributed by atoms with E-state index in [1.807, 2.05) is 0 Å². The standard InChI is InChI=1S/C60H42N2Si/c1-6-20-43(21-7-1)51-37-34-45(40-55(51)44-22-8-2-9-23-44)62-57-32-18-16-30-52(57)54-38-35-46(41-60(54)62)61-58-33-19-17-31-53(58)56-42-50(36-39-59(56)61)63(47-24-10-3-11-25-47,48-26-12-4-13-27-48)49-28-14-5-15-29-49/h1-42H. The van der Waals surface area contributed by atoms with Gasteiger partial charge in [0, 0.05) is 32.9 Å². The first-order valence-electron chi connectivity index (χ1n) is 21.8. The van der Waals surface area contributed by atoms with E-state index in [9.17, 15) is 0 Å². The third kappa shape index (κ3) is 5.93. The van der Waals surface area contributed by atoms with Crippen LogP contribution in [0.2, 0.25) is 0 Å². The molecule has 0 aliphatic rings. The first-order valence-corrected chi connectivity index (χ1v) is 23.8. The highest BCUT2D eigenvalue weighted by Gasteiger charge is 2.41. The molecule has 0 fully saturated rings. The van der Waals surface area contributed by atoms with Gasteiger partial charge in [-0.25, -0.2) is 0 Å². The highest BCUT2D eigenvalue weighted by atomic mass is 28.3. The summed E-state index contributed by atoms with van der Waals surface area (Å²) >= 11 is 0. The van der Waals surface area contributed by atoms with Crippen LogP contribution in [-0.4, -0.2) is 17.2 Å². The molecule has 0 N–H and O–H groups in total.